The Bertz CT molecular complexity index is 529. The number of carbonyl (C=O) groups is 2. The summed E-state index contributed by atoms with van der Waals surface area (Å²) in [5.41, 5.74) is 3.86. The average molecular weight is 225 g/mol. The highest BCUT2D eigenvalue weighted by molar-refractivity contribution is 5.95. The second kappa shape index (κ2) is 4.40. The van der Waals surface area contributed by atoms with Gasteiger partial charge in [0.2, 0.25) is 0 Å². The first-order valence-corrected chi connectivity index (χ1v) is 3.95. The molecule has 6 heteroatoms. The molecular weight excluding hydrogens is 220 g/mol. The molecular formula is C10H5F2NO3. The van der Waals surface area contributed by atoms with Crippen LogP contribution in [0.25, 0.3) is 0 Å². The van der Waals surface area contributed by atoms with Crippen LogP contribution in [-0.2, 0) is 4.79 Å². The number of primary amides is 1. The second-order valence-corrected chi connectivity index (χ2v) is 2.73. The number of carboxylic acids is 1. The van der Waals surface area contributed by atoms with Crippen LogP contribution in [-0.4, -0.2) is 17.0 Å². The van der Waals surface area contributed by atoms with Crippen molar-refractivity contribution in [2.24, 2.45) is 5.73 Å². The molecule has 1 amide bonds. The van der Waals surface area contributed by atoms with Crippen LogP contribution in [0.3, 0.4) is 0 Å². The lowest BCUT2D eigenvalue weighted by Crippen LogP contribution is -2.07. The zero-order chi connectivity index (χ0) is 12.3. The molecule has 0 fully saturated rings. The van der Waals surface area contributed by atoms with Gasteiger partial charge in [0.15, 0.2) is 11.6 Å². The Hall–Kier alpha value is -2.42. The van der Waals surface area contributed by atoms with E-state index in [1.807, 2.05) is 5.92 Å². The first-order valence-electron chi connectivity index (χ1n) is 3.95. The Balaban J connectivity index is 3.38. The molecule has 0 saturated heterocycles. The van der Waals surface area contributed by atoms with Crippen LogP contribution in [0.1, 0.15) is 15.9 Å². The zero-order valence-electron chi connectivity index (χ0n) is 7.75. The highest BCUT2D eigenvalue weighted by Crippen LogP contribution is 2.14. The molecule has 3 N–H and O–H groups in total. The summed E-state index contributed by atoms with van der Waals surface area (Å²) in [7, 11) is 0. The number of rotatable bonds is 1. The molecule has 0 bridgehead atoms. The van der Waals surface area contributed by atoms with Gasteiger partial charge in [0.05, 0.1) is 5.56 Å². The molecule has 0 aliphatic rings. The molecule has 0 spiro atoms. The minimum absolute atomic E-state index is 0.315. The lowest BCUT2D eigenvalue weighted by molar-refractivity contribution is -0.112. The van der Waals surface area contributed by atoms with Crippen molar-refractivity contribution in [3.63, 3.8) is 0 Å². The first kappa shape index (κ1) is 11.7. The smallest absolute Gasteiger partial charge is 0.337 e. The minimum atomic E-state index is -1.48. The molecule has 16 heavy (non-hydrogen) atoms. The van der Waals surface area contributed by atoms with Crippen molar-refractivity contribution in [3.8, 4) is 11.8 Å². The van der Waals surface area contributed by atoms with Gasteiger partial charge in [0.25, 0.3) is 5.91 Å². The summed E-state index contributed by atoms with van der Waals surface area (Å²) >= 11 is 0. The number of hydrogen-bond donors (Lipinski definition) is 2. The van der Waals surface area contributed by atoms with Gasteiger partial charge in [-0.2, -0.15) is 0 Å². The third-order valence-corrected chi connectivity index (χ3v) is 1.61. The summed E-state index contributed by atoms with van der Waals surface area (Å²) in [5, 5.41) is 8.67. The van der Waals surface area contributed by atoms with Crippen LogP contribution in [0.5, 0.6) is 0 Å². The van der Waals surface area contributed by atoms with Crippen molar-refractivity contribution in [2.45, 2.75) is 0 Å². The van der Waals surface area contributed by atoms with Gasteiger partial charge in [-0.3, -0.25) is 4.79 Å². The molecule has 82 valence electrons. The Morgan fingerprint density at radius 1 is 1.25 bits per heavy atom. The lowest BCUT2D eigenvalue weighted by atomic mass is 10.1. The van der Waals surface area contributed by atoms with E-state index in [0.29, 0.717) is 12.1 Å². The fourth-order valence-electron chi connectivity index (χ4n) is 0.956. The van der Waals surface area contributed by atoms with E-state index in [1.54, 1.807) is 0 Å². The zero-order valence-corrected chi connectivity index (χ0v) is 7.75. The Morgan fingerprint density at radius 3 is 2.31 bits per heavy atom. The molecule has 0 aromatic heterocycles. The van der Waals surface area contributed by atoms with Gasteiger partial charge in [-0.15, -0.1) is 0 Å². The summed E-state index contributed by atoms with van der Waals surface area (Å²) < 4.78 is 25.5. The van der Waals surface area contributed by atoms with Crippen molar-refractivity contribution < 1.29 is 23.5 Å². The Labute approximate surface area is 88.7 Å². The fourth-order valence-corrected chi connectivity index (χ4v) is 0.956. The molecule has 0 unspecified atom stereocenters. The first-order chi connectivity index (χ1) is 7.41. The van der Waals surface area contributed by atoms with Crippen molar-refractivity contribution in [1.82, 2.24) is 0 Å². The third-order valence-electron chi connectivity index (χ3n) is 1.61. The largest absolute Gasteiger partial charge is 0.478 e. The maximum absolute atomic E-state index is 12.8. The average Bonchev–Trinajstić information content (AvgIpc) is 2.18. The minimum Gasteiger partial charge on any atom is -0.478 e. The fraction of sp³-hybridized carbons (Fsp3) is 0. The number of carbonyl (C=O) groups excluding carboxylic acids is 1. The maximum atomic E-state index is 12.8. The third kappa shape index (κ3) is 2.54. The topological polar surface area (TPSA) is 80.4 Å². The number of nitrogens with two attached hydrogens (primary N) is 1. The summed E-state index contributed by atoms with van der Waals surface area (Å²) in [5.74, 6) is -1.14. The van der Waals surface area contributed by atoms with Crippen LogP contribution in [0.2, 0.25) is 0 Å². The number of carboxylic acid groups (broad SMARTS) is 1. The van der Waals surface area contributed by atoms with E-state index in [9.17, 15) is 18.4 Å². The monoisotopic (exact) mass is 225 g/mol. The highest BCUT2D eigenvalue weighted by atomic mass is 19.2. The number of amides is 1. The quantitative estimate of drug-likeness (QED) is 0.683. The molecule has 4 nitrogen and oxygen atoms in total. The number of halogens is 2. The SMILES string of the molecule is NC(=O)C#Cc1cc(F)c(F)cc1C(=O)O. The van der Waals surface area contributed by atoms with Crippen LogP contribution in [0.15, 0.2) is 12.1 Å². The molecule has 0 atom stereocenters. The van der Waals surface area contributed by atoms with E-state index in [1.165, 1.54) is 0 Å². The Morgan fingerprint density at radius 2 is 1.81 bits per heavy atom. The predicted molar refractivity (Wildman–Crippen MR) is 49.4 cm³/mol. The van der Waals surface area contributed by atoms with Gasteiger partial charge in [0, 0.05) is 11.5 Å². The van der Waals surface area contributed by atoms with Crippen molar-refractivity contribution in [1.29, 1.82) is 0 Å². The summed E-state index contributed by atoms with van der Waals surface area (Å²) in [6.07, 6.45) is 0. The van der Waals surface area contributed by atoms with Crippen LogP contribution in [0.4, 0.5) is 8.78 Å². The van der Waals surface area contributed by atoms with Crippen molar-refractivity contribution in [3.05, 3.63) is 34.9 Å². The van der Waals surface area contributed by atoms with E-state index < -0.39 is 29.1 Å². The normalized spacial score (nSPS) is 9.12. The lowest BCUT2D eigenvalue weighted by Gasteiger charge is -2.00. The van der Waals surface area contributed by atoms with Gasteiger partial charge < -0.3 is 10.8 Å². The number of hydrogen-bond acceptors (Lipinski definition) is 2. The predicted octanol–water partition coefficient (Wildman–Crippen LogP) is 0.500. The molecule has 0 aliphatic heterocycles. The van der Waals surface area contributed by atoms with Crippen LogP contribution in [0, 0.1) is 23.5 Å². The van der Waals surface area contributed by atoms with E-state index >= 15 is 0 Å². The van der Waals surface area contributed by atoms with Gasteiger partial charge in [-0.25, -0.2) is 13.6 Å². The highest BCUT2D eigenvalue weighted by Gasteiger charge is 2.13. The maximum Gasteiger partial charge on any atom is 0.337 e. The van der Waals surface area contributed by atoms with Crippen molar-refractivity contribution in [2.75, 3.05) is 0 Å². The van der Waals surface area contributed by atoms with Gasteiger partial charge >= 0.3 is 5.97 Å². The molecule has 1 rings (SSSR count). The Kier molecular flexibility index (Phi) is 3.20. The molecule has 0 saturated carbocycles. The summed E-state index contributed by atoms with van der Waals surface area (Å²) in [4.78, 5) is 21.0. The van der Waals surface area contributed by atoms with Gasteiger partial charge in [0.1, 0.15) is 0 Å². The molecule has 1 aromatic rings. The van der Waals surface area contributed by atoms with E-state index in [2.05, 4.69) is 5.92 Å². The van der Waals surface area contributed by atoms with Crippen molar-refractivity contribution >= 4 is 11.9 Å². The summed E-state index contributed by atoms with van der Waals surface area (Å²) in [6.45, 7) is 0. The van der Waals surface area contributed by atoms with Crippen LogP contribution >= 0.6 is 0 Å². The molecule has 0 aliphatic carbocycles. The van der Waals surface area contributed by atoms with E-state index in [-0.39, 0.29) is 5.56 Å². The summed E-state index contributed by atoms with van der Waals surface area (Å²) in [6, 6.07) is 1.08. The van der Waals surface area contributed by atoms with Crippen LogP contribution < -0.4 is 5.73 Å². The molecule has 1 aromatic carbocycles. The second-order valence-electron chi connectivity index (χ2n) is 2.73. The van der Waals surface area contributed by atoms with E-state index in [0.717, 1.165) is 0 Å². The standard InChI is InChI=1S/C10H5F2NO3/c11-7-3-5(1-2-9(13)14)6(10(15)16)4-8(7)12/h3-4H,(H2,13,14)(H,15,16). The number of benzene rings is 1. The van der Waals surface area contributed by atoms with Gasteiger partial charge in [-0.05, 0) is 12.1 Å². The molecule has 0 radical (unpaired) electrons. The van der Waals surface area contributed by atoms with E-state index in [4.69, 9.17) is 10.8 Å². The van der Waals surface area contributed by atoms with Gasteiger partial charge in [-0.1, -0.05) is 5.92 Å². The molecule has 0 heterocycles. The number of aromatic carboxylic acids is 1.